The van der Waals surface area contributed by atoms with E-state index >= 15 is 0 Å². The van der Waals surface area contributed by atoms with Gasteiger partial charge in [-0.05, 0) is 6.16 Å². The van der Waals surface area contributed by atoms with Crippen LogP contribution in [0.2, 0.25) is 0 Å². The topological polar surface area (TPSA) is 17.1 Å². The first-order chi connectivity index (χ1) is 2.81. The van der Waals surface area contributed by atoms with Crippen LogP contribution < -0.4 is 0 Å². The van der Waals surface area contributed by atoms with Crippen LogP contribution in [-0.4, -0.2) is 11.8 Å². The lowest BCUT2D eigenvalue weighted by molar-refractivity contribution is 0.594. The van der Waals surface area contributed by atoms with Crippen molar-refractivity contribution in [2.24, 2.45) is 0 Å². The highest BCUT2D eigenvalue weighted by Gasteiger charge is 1.91. The van der Waals surface area contributed by atoms with Gasteiger partial charge < -0.3 is 0 Å². The molecule has 0 aliphatic rings. The fourth-order valence-electron chi connectivity index (χ4n) is 0.0430. The third kappa shape index (κ3) is 2.75. The average molecular weight is 122 g/mol. The molecule has 0 saturated carbocycles. The zero-order chi connectivity index (χ0) is 4.99. The summed E-state index contributed by atoms with van der Waals surface area (Å²) in [7, 11) is 2.79. The zero-order valence-corrected chi connectivity index (χ0v) is 5.77. The Morgan fingerprint density at radius 1 is 2.00 bits per heavy atom. The summed E-state index contributed by atoms with van der Waals surface area (Å²) in [5, 5.41) is 0. The smallest absolute Gasteiger partial charge is 0.158 e. The monoisotopic (exact) mass is 122 g/mol. The summed E-state index contributed by atoms with van der Waals surface area (Å²) in [4.78, 5) is 0. The highest BCUT2D eigenvalue weighted by Crippen LogP contribution is 2.06. The van der Waals surface area contributed by atoms with Crippen molar-refractivity contribution in [2.75, 3.05) is 6.16 Å². The highest BCUT2D eigenvalue weighted by atomic mass is 31.1. The quantitative estimate of drug-likeness (QED) is 0.507. The molecule has 0 spiro atoms. The van der Waals surface area contributed by atoms with E-state index in [1.54, 1.807) is 0 Å². The molecule has 0 aromatic carbocycles. The van der Waals surface area contributed by atoms with Crippen LogP contribution in [0.15, 0.2) is 0 Å². The van der Waals surface area contributed by atoms with Crippen molar-refractivity contribution >= 4 is 17.7 Å². The Morgan fingerprint density at radius 3 is 2.50 bits per heavy atom. The van der Waals surface area contributed by atoms with Gasteiger partial charge in [-0.2, -0.15) is 0 Å². The first-order valence-electron chi connectivity index (χ1n) is 1.83. The van der Waals surface area contributed by atoms with Crippen molar-refractivity contribution in [1.29, 1.82) is 0 Å². The molecule has 0 bridgehead atoms. The minimum Gasteiger partial charge on any atom is -0.275 e. The zero-order valence-electron chi connectivity index (χ0n) is 3.72. The molecule has 0 heterocycles. The normalized spacial score (nSPS) is 15.0. The van der Waals surface area contributed by atoms with Crippen molar-refractivity contribution in [1.82, 2.24) is 0 Å². The van der Waals surface area contributed by atoms with Crippen molar-refractivity contribution in [3.05, 3.63) is 0 Å². The van der Waals surface area contributed by atoms with Gasteiger partial charge in [0.1, 0.15) is 0 Å². The van der Waals surface area contributed by atoms with Crippen LogP contribution in [0.25, 0.3) is 0 Å². The molecule has 6 heavy (non-hydrogen) atoms. The molecule has 0 aliphatic carbocycles. The molecule has 2 atom stereocenters. The van der Waals surface area contributed by atoms with Crippen LogP contribution in [0.5, 0.6) is 0 Å². The summed E-state index contributed by atoms with van der Waals surface area (Å²) in [6.45, 7) is 1.93. The van der Waals surface area contributed by atoms with Crippen LogP contribution in [0.1, 0.15) is 6.92 Å². The molecule has 0 aromatic rings. The molecule has 0 amide bonds. The largest absolute Gasteiger partial charge is 0.275 e. The standard InChI is InChI=1S/C3H8OP2/c1-3(2-5)6-4/h3H,2,5H2,1H3. The molecule has 0 aromatic heterocycles. The van der Waals surface area contributed by atoms with Crippen LogP contribution >= 0.6 is 17.7 Å². The molecule has 0 fully saturated rings. The highest BCUT2D eigenvalue weighted by molar-refractivity contribution is 7.27. The van der Waals surface area contributed by atoms with Crippen LogP contribution in [0, 0.1) is 0 Å². The molecular weight excluding hydrogens is 114 g/mol. The van der Waals surface area contributed by atoms with Gasteiger partial charge in [-0.1, -0.05) is 6.92 Å². The summed E-state index contributed by atoms with van der Waals surface area (Å²) in [5.74, 6) is 0. The molecule has 1 nitrogen and oxygen atoms in total. The van der Waals surface area contributed by atoms with Gasteiger partial charge in [-0.3, -0.25) is 4.57 Å². The third-order valence-corrected chi connectivity index (χ3v) is 2.20. The van der Waals surface area contributed by atoms with Crippen molar-refractivity contribution in [3.63, 3.8) is 0 Å². The molecule has 3 heteroatoms. The first kappa shape index (κ1) is 6.53. The predicted molar refractivity (Wildman–Crippen MR) is 31.6 cm³/mol. The van der Waals surface area contributed by atoms with Crippen molar-refractivity contribution < 1.29 is 4.57 Å². The van der Waals surface area contributed by atoms with Gasteiger partial charge in [0.15, 0.2) is 8.46 Å². The van der Waals surface area contributed by atoms with E-state index in [9.17, 15) is 4.57 Å². The van der Waals surface area contributed by atoms with Gasteiger partial charge in [-0.25, -0.2) is 0 Å². The minimum atomic E-state index is 0.257. The lowest BCUT2D eigenvalue weighted by Gasteiger charge is -1.87. The summed E-state index contributed by atoms with van der Waals surface area (Å²) in [6.07, 6.45) is 0.922. The second-order valence-corrected chi connectivity index (χ2v) is 2.75. The Bertz CT molecular complexity index is 46.1. The molecule has 2 unspecified atom stereocenters. The SMILES string of the molecule is CC(CP)P=O. The van der Waals surface area contributed by atoms with E-state index in [2.05, 4.69) is 9.24 Å². The molecule has 0 rings (SSSR count). The van der Waals surface area contributed by atoms with Crippen LogP contribution in [0.4, 0.5) is 0 Å². The minimum absolute atomic E-state index is 0.257. The fraction of sp³-hybridized carbons (Fsp3) is 1.00. The fourth-order valence-corrected chi connectivity index (χ4v) is 0.387. The van der Waals surface area contributed by atoms with Gasteiger partial charge in [0.05, 0.1) is 0 Å². The van der Waals surface area contributed by atoms with Gasteiger partial charge >= 0.3 is 0 Å². The summed E-state index contributed by atoms with van der Waals surface area (Å²) < 4.78 is 9.82. The number of hydrogen-bond acceptors (Lipinski definition) is 1. The lowest BCUT2D eigenvalue weighted by Crippen LogP contribution is -1.87. The Hall–Kier alpha value is 0.530. The summed E-state index contributed by atoms with van der Waals surface area (Å²) in [5.41, 5.74) is 0.315. The average Bonchev–Trinajstić information content (AvgIpc) is 1.65. The van der Waals surface area contributed by atoms with E-state index in [1.165, 1.54) is 0 Å². The molecule has 0 N–H and O–H groups in total. The maximum Gasteiger partial charge on any atom is 0.158 e. The van der Waals surface area contributed by atoms with Crippen molar-refractivity contribution in [2.45, 2.75) is 12.6 Å². The molecule has 0 saturated heterocycles. The second-order valence-electron chi connectivity index (χ2n) is 1.19. The van der Waals surface area contributed by atoms with Crippen LogP contribution in [0.3, 0.4) is 0 Å². The van der Waals surface area contributed by atoms with Crippen LogP contribution in [-0.2, 0) is 4.57 Å². The van der Waals surface area contributed by atoms with Gasteiger partial charge in [-0.15, -0.1) is 9.24 Å². The first-order valence-corrected chi connectivity index (χ1v) is 3.53. The van der Waals surface area contributed by atoms with Gasteiger partial charge in [0.25, 0.3) is 0 Å². The van der Waals surface area contributed by atoms with Gasteiger partial charge in [0.2, 0.25) is 0 Å². The molecule has 0 radical (unpaired) electrons. The number of rotatable bonds is 2. The molecular formula is C3H8OP2. The summed E-state index contributed by atoms with van der Waals surface area (Å²) >= 11 is 0. The van der Waals surface area contributed by atoms with E-state index in [0.717, 1.165) is 6.16 Å². The van der Waals surface area contributed by atoms with E-state index in [4.69, 9.17) is 0 Å². The lowest BCUT2D eigenvalue weighted by atomic mass is 10.6. The van der Waals surface area contributed by atoms with E-state index in [1.807, 2.05) is 6.92 Å². The molecule has 0 aliphatic heterocycles. The van der Waals surface area contributed by atoms with Gasteiger partial charge in [0, 0.05) is 5.66 Å². The second kappa shape index (κ2) is 3.71. The Morgan fingerprint density at radius 2 is 2.50 bits per heavy atom. The Balaban J connectivity index is 2.96. The predicted octanol–water partition coefficient (Wildman–Crippen LogP) is 1.54. The molecule has 36 valence electrons. The Kier molecular flexibility index (Phi) is 4.04. The number of hydrogen-bond donors (Lipinski definition) is 0. The van der Waals surface area contributed by atoms with E-state index in [-0.39, 0.29) is 8.46 Å². The summed E-state index contributed by atoms with van der Waals surface area (Å²) in [6, 6.07) is 0. The third-order valence-electron chi connectivity index (χ3n) is 0.521. The Labute approximate surface area is 41.9 Å². The van der Waals surface area contributed by atoms with E-state index < -0.39 is 0 Å². The maximum atomic E-state index is 9.82. The maximum absolute atomic E-state index is 9.82. The van der Waals surface area contributed by atoms with Crippen molar-refractivity contribution in [3.8, 4) is 0 Å². The van der Waals surface area contributed by atoms with E-state index in [0.29, 0.717) is 5.66 Å².